The Morgan fingerprint density at radius 3 is 2.46 bits per heavy atom. The van der Waals surface area contributed by atoms with E-state index in [9.17, 15) is 4.79 Å². The van der Waals surface area contributed by atoms with Gasteiger partial charge in [-0.05, 0) is 12.1 Å². The van der Waals surface area contributed by atoms with Gasteiger partial charge in [-0.15, -0.1) is 0 Å². The predicted molar refractivity (Wildman–Crippen MR) is 55.2 cm³/mol. The molecule has 0 heterocycles. The summed E-state index contributed by atoms with van der Waals surface area (Å²) in [6.45, 7) is 0. The van der Waals surface area contributed by atoms with Crippen LogP contribution >= 0.6 is 15.9 Å². The molecule has 0 saturated heterocycles. The van der Waals surface area contributed by atoms with Crippen molar-refractivity contribution in [3.05, 3.63) is 40.4 Å². The molecule has 0 bridgehead atoms. The van der Waals surface area contributed by atoms with E-state index in [0.717, 1.165) is 10.0 Å². The Labute approximate surface area is 85.3 Å². The maximum absolute atomic E-state index is 10.2. The van der Waals surface area contributed by atoms with Gasteiger partial charge in [0, 0.05) is 16.1 Å². The van der Waals surface area contributed by atoms with Crippen molar-refractivity contribution in [3.8, 4) is 0 Å². The number of halogens is 1. The summed E-state index contributed by atoms with van der Waals surface area (Å²) in [6.07, 6.45) is 2.10. The zero-order chi connectivity index (χ0) is 9.68. The summed E-state index contributed by atoms with van der Waals surface area (Å²) in [5, 5.41) is 0. The number of ether oxygens (including phenoxy) is 1. The third kappa shape index (κ3) is 2.70. The van der Waals surface area contributed by atoms with Gasteiger partial charge in [0.15, 0.2) is 0 Å². The summed E-state index contributed by atoms with van der Waals surface area (Å²) < 4.78 is 6.03. The molecule has 2 nitrogen and oxygen atoms in total. The van der Waals surface area contributed by atoms with E-state index >= 15 is 0 Å². The third-order valence-electron chi connectivity index (χ3n) is 1.57. The molecule has 0 aromatic heterocycles. The summed E-state index contributed by atoms with van der Waals surface area (Å²) in [5.41, 5.74) is 0.887. The Balaban J connectivity index is 2.99. The van der Waals surface area contributed by atoms with Crippen LogP contribution in [0.15, 0.2) is 34.8 Å². The first-order chi connectivity index (χ1) is 6.27. The summed E-state index contributed by atoms with van der Waals surface area (Å²) in [4.78, 5) is 10.2. The highest BCUT2D eigenvalue weighted by molar-refractivity contribution is 9.10. The SMILES string of the molecule is CO/C(=C\C=O)c1ccc(Br)cc1. The van der Waals surface area contributed by atoms with Crippen LogP contribution in [0.5, 0.6) is 0 Å². The lowest BCUT2D eigenvalue weighted by atomic mass is 10.2. The Hall–Kier alpha value is -1.09. The van der Waals surface area contributed by atoms with E-state index < -0.39 is 0 Å². The van der Waals surface area contributed by atoms with Gasteiger partial charge in [0.05, 0.1) is 7.11 Å². The molecule has 13 heavy (non-hydrogen) atoms. The van der Waals surface area contributed by atoms with Crippen LogP contribution in [0.2, 0.25) is 0 Å². The molecule has 68 valence electrons. The van der Waals surface area contributed by atoms with Crippen molar-refractivity contribution in [1.29, 1.82) is 0 Å². The highest BCUT2D eigenvalue weighted by Gasteiger charge is 1.99. The predicted octanol–water partition coefficient (Wildman–Crippen LogP) is 2.64. The second kappa shape index (κ2) is 4.82. The van der Waals surface area contributed by atoms with Crippen molar-refractivity contribution in [2.45, 2.75) is 0 Å². The van der Waals surface area contributed by atoms with Crippen LogP contribution < -0.4 is 0 Å². The Bertz CT molecular complexity index is 314. The molecule has 1 aromatic rings. The molecule has 1 aromatic carbocycles. The Morgan fingerprint density at radius 1 is 1.38 bits per heavy atom. The Kier molecular flexibility index (Phi) is 3.71. The third-order valence-corrected chi connectivity index (χ3v) is 2.10. The van der Waals surface area contributed by atoms with E-state index in [2.05, 4.69) is 15.9 Å². The van der Waals surface area contributed by atoms with Crippen molar-refractivity contribution in [3.63, 3.8) is 0 Å². The van der Waals surface area contributed by atoms with Crippen molar-refractivity contribution in [2.24, 2.45) is 0 Å². The number of benzene rings is 1. The standard InChI is InChI=1S/C10H9BrO2/c1-13-10(6-7-12)8-2-4-9(11)5-3-8/h2-7H,1H3/b10-6-. The number of hydrogen-bond donors (Lipinski definition) is 0. The average molecular weight is 241 g/mol. The zero-order valence-electron chi connectivity index (χ0n) is 7.16. The first kappa shape index (κ1) is 9.99. The summed E-state index contributed by atoms with van der Waals surface area (Å²) in [7, 11) is 1.54. The first-order valence-corrected chi connectivity index (χ1v) is 4.52. The van der Waals surface area contributed by atoms with E-state index in [1.54, 1.807) is 0 Å². The van der Waals surface area contributed by atoms with Crippen LogP contribution in [0.25, 0.3) is 5.76 Å². The van der Waals surface area contributed by atoms with Crippen LogP contribution in [-0.4, -0.2) is 13.4 Å². The second-order valence-electron chi connectivity index (χ2n) is 2.38. The summed E-state index contributed by atoms with van der Waals surface area (Å²) >= 11 is 3.33. The van der Waals surface area contributed by atoms with Gasteiger partial charge in [-0.1, -0.05) is 28.1 Å². The van der Waals surface area contributed by atoms with Gasteiger partial charge < -0.3 is 4.74 Å². The fourth-order valence-electron chi connectivity index (χ4n) is 0.958. The van der Waals surface area contributed by atoms with Gasteiger partial charge in [0.2, 0.25) is 0 Å². The van der Waals surface area contributed by atoms with Crippen LogP contribution in [-0.2, 0) is 9.53 Å². The number of carbonyl (C=O) groups excluding carboxylic acids is 1. The van der Waals surface area contributed by atoms with Crippen molar-refractivity contribution in [1.82, 2.24) is 0 Å². The monoisotopic (exact) mass is 240 g/mol. The van der Waals surface area contributed by atoms with E-state index in [1.807, 2.05) is 24.3 Å². The molecule has 0 radical (unpaired) electrons. The van der Waals surface area contributed by atoms with E-state index in [4.69, 9.17) is 4.74 Å². The van der Waals surface area contributed by atoms with E-state index in [0.29, 0.717) is 12.0 Å². The molecular formula is C10H9BrO2. The smallest absolute Gasteiger partial charge is 0.146 e. The van der Waals surface area contributed by atoms with E-state index in [-0.39, 0.29) is 0 Å². The van der Waals surface area contributed by atoms with Gasteiger partial charge in [0.1, 0.15) is 12.0 Å². The minimum atomic E-state index is 0.572. The first-order valence-electron chi connectivity index (χ1n) is 3.73. The fraction of sp³-hybridized carbons (Fsp3) is 0.100. The maximum Gasteiger partial charge on any atom is 0.146 e. The topological polar surface area (TPSA) is 26.3 Å². The number of hydrogen-bond acceptors (Lipinski definition) is 2. The van der Waals surface area contributed by atoms with Crippen LogP contribution in [0, 0.1) is 0 Å². The molecule has 0 spiro atoms. The molecular weight excluding hydrogens is 232 g/mol. The number of carbonyl (C=O) groups is 1. The minimum absolute atomic E-state index is 0.572. The number of allylic oxidation sites excluding steroid dienone is 1. The van der Waals surface area contributed by atoms with Crippen LogP contribution in [0.1, 0.15) is 5.56 Å². The molecule has 0 unspecified atom stereocenters. The molecule has 0 aliphatic carbocycles. The van der Waals surface area contributed by atoms with Gasteiger partial charge in [-0.25, -0.2) is 0 Å². The van der Waals surface area contributed by atoms with Crippen LogP contribution in [0.3, 0.4) is 0 Å². The molecule has 3 heteroatoms. The van der Waals surface area contributed by atoms with Gasteiger partial charge in [-0.2, -0.15) is 0 Å². The number of aldehydes is 1. The lowest BCUT2D eigenvalue weighted by molar-refractivity contribution is -0.104. The minimum Gasteiger partial charge on any atom is -0.496 e. The van der Waals surface area contributed by atoms with Gasteiger partial charge in [0.25, 0.3) is 0 Å². The van der Waals surface area contributed by atoms with E-state index in [1.165, 1.54) is 13.2 Å². The van der Waals surface area contributed by atoms with Crippen molar-refractivity contribution in [2.75, 3.05) is 7.11 Å². The molecule has 0 saturated carbocycles. The molecule has 0 aliphatic rings. The van der Waals surface area contributed by atoms with Crippen LogP contribution in [0.4, 0.5) is 0 Å². The highest BCUT2D eigenvalue weighted by Crippen LogP contribution is 2.17. The lowest BCUT2D eigenvalue weighted by Crippen LogP contribution is -1.87. The second-order valence-corrected chi connectivity index (χ2v) is 3.29. The van der Waals surface area contributed by atoms with Crippen molar-refractivity contribution >= 4 is 28.0 Å². The summed E-state index contributed by atoms with van der Waals surface area (Å²) in [5.74, 6) is 0.572. The molecule has 0 aliphatic heterocycles. The highest BCUT2D eigenvalue weighted by atomic mass is 79.9. The van der Waals surface area contributed by atoms with Gasteiger partial charge in [-0.3, -0.25) is 4.79 Å². The lowest BCUT2D eigenvalue weighted by Gasteiger charge is -2.04. The zero-order valence-corrected chi connectivity index (χ0v) is 8.74. The fourth-order valence-corrected chi connectivity index (χ4v) is 1.22. The average Bonchev–Trinajstić information content (AvgIpc) is 2.16. The molecule has 0 N–H and O–H groups in total. The van der Waals surface area contributed by atoms with Gasteiger partial charge >= 0.3 is 0 Å². The maximum atomic E-state index is 10.2. The van der Waals surface area contributed by atoms with Crippen molar-refractivity contribution < 1.29 is 9.53 Å². The molecule has 1 rings (SSSR count). The number of methoxy groups -OCH3 is 1. The number of rotatable bonds is 3. The molecule has 0 fully saturated rings. The summed E-state index contributed by atoms with van der Waals surface area (Å²) in [6, 6.07) is 7.55. The molecule has 0 atom stereocenters. The normalized spacial score (nSPS) is 11.1. The quantitative estimate of drug-likeness (QED) is 0.462. The Morgan fingerprint density at radius 2 is 2.00 bits per heavy atom. The molecule has 0 amide bonds. The largest absolute Gasteiger partial charge is 0.496 e.